The van der Waals surface area contributed by atoms with E-state index < -0.39 is 11.6 Å². The van der Waals surface area contributed by atoms with Gasteiger partial charge in [0, 0.05) is 11.5 Å². The van der Waals surface area contributed by atoms with Crippen molar-refractivity contribution in [3.05, 3.63) is 65.2 Å². The van der Waals surface area contributed by atoms with Gasteiger partial charge in [-0.25, -0.2) is 8.78 Å². The molecular weight excluding hydrogens is 410 g/mol. The normalized spacial score (nSPS) is 15.7. The number of benzene rings is 3. The molecule has 0 fully saturated rings. The molecule has 4 rings (SSSR count). The van der Waals surface area contributed by atoms with Gasteiger partial charge in [-0.05, 0) is 59.6 Å². The quantitative estimate of drug-likeness (QED) is 0.272. The molecule has 0 amide bonds. The Hall–Kier alpha value is -2.33. The van der Waals surface area contributed by atoms with Crippen molar-refractivity contribution in [2.75, 3.05) is 0 Å². The fourth-order valence-corrected chi connectivity index (χ4v) is 4.74. The minimum Gasteiger partial charge on any atom is -0.449 e. The van der Waals surface area contributed by atoms with Crippen LogP contribution in [-0.4, -0.2) is 5.05 Å². The highest BCUT2D eigenvalue weighted by atomic mass is 32.1. The maximum absolute atomic E-state index is 15.3. The Bertz CT molecular complexity index is 1100. The van der Waals surface area contributed by atoms with Crippen LogP contribution in [0, 0.1) is 17.6 Å². The van der Waals surface area contributed by atoms with E-state index in [0.717, 1.165) is 50.5 Å². The molecule has 1 atom stereocenters. The van der Waals surface area contributed by atoms with Crippen molar-refractivity contribution >= 4 is 28.0 Å². The van der Waals surface area contributed by atoms with Crippen LogP contribution < -0.4 is 4.74 Å². The highest BCUT2D eigenvalue weighted by Gasteiger charge is 2.29. The minimum absolute atomic E-state index is 0.153. The first-order valence-corrected chi connectivity index (χ1v) is 11.7. The van der Waals surface area contributed by atoms with Crippen molar-refractivity contribution in [1.82, 2.24) is 0 Å². The third kappa shape index (κ3) is 4.36. The summed E-state index contributed by atoms with van der Waals surface area (Å²) in [6.45, 7) is 4.29. The summed E-state index contributed by atoms with van der Waals surface area (Å²) >= 11 is 5.49. The van der Waals surface area contributed by atoms with Gasteiger partial charge in [-0.2, -0.15) is 0 Å². The number of hydrogen-bond acceptors (Lipinski definition) is 2. The smallest absolute Gasteiger partial charge is 0.171 e. The third-order valence-corrected chi connectivity index (χ3v) is 6.60. The Kier molecular flexibility index (Phi) is 6.66. The van der Waals surface area contributed by atoms with E-state index in [0.29, 0.717) is 21.7 Å². The van der Waals surface area contributed by atoms with E-state index >= 15 is 8.78 Å². The van der Waals surface area contributed by atoms with Crippen LogP contribution in [0.5, 0.6) is 5.75 Å². The second-order valence-electron chi connectivity index (χ2n) is 8.47. The Labute approximate surface area is 188 Å². The molecular formula is C27H28F2OS. The van der Waals surface area contributed by atoms with E-state index in [2.05, 4.69) is 13.8 Å². The van der Waals surface area contributed by atoms with Gasteiger partial charge in [0.2, 0.25) is 0 Å². The van der Waals surface area contributed by atoms with Crippen LogP contribution in [-0.2, 0) is 12.8 Å². The van der Waals surface area contributed by atoms with E-state index in [1.54, 1.807) is 6.07 Å². The van der Waals surface area contributed by atoms with Crippen molar-refractivity contribution in [1.29, 1.82) is 0 Å². The molecule has 3 aromatic carbocycles. The molecule has 0 aliphatic carbocycles. The number of ether oxygens (including phenoxy) is 1. The van der Waals surface area contributed by atoms with Crippen LogP contribution in [0.2, 0.25) is 0 Å². The molecule has 0 saturated heterocycles. The lowest BCUT2D eigenvalue weighted by Crippen LogP contribution is -2.26. The molecule has 0 radical (unpaired) electrons. The summed E-state index contributed by atoms with van der Waals surface area (Å²) in [5.74, 6) is -1.17. The SMILES string of the molecule is CCCCCC1Cc2ccc3cc(-c4ccc(CCC)cc4)c(F)c(F)c3c2OC1=S. The molecule has 31 heavy (non-hydrogen) atoms. The lowest BCUT2D eigenvalue weighted by atomic mass is 9.89. The summed E-state index contributed by atoms with van der Waals surface area (Å²) in [6.07, 6.45) is 7.10. The maximum Gasteiger partial charge on any atom is 0.171 e. The molecule has 1 nitrogen and oxygen atoms in total. The molecule has 0 aromatic heterocycles. The second-order valence-corrected chi connectivity index (χ2v) is 8.87. The molecule has 0 saturated carbocycles. The molecule has 4 heteroatoms. The maximum atomic E-state index is 15.3. The number of rotatable bonds is 7. The van der Waals surface area contributed by atoms with Gasteiger partial charge >= 0.3 is 0 Å². The van der Waals surface area contributed by atoms with Crippen LogP contribution in [0.15, 0.2) is 42.5 Å². The summed E-state index contributed by atoms with van der Waals surface area (Å²) in [6, 6.07) is 13.2. The summed E-state index contributed by atoms with van der Waals surface area (Å²) in [5, 5.41) is 1.31. The molecule has 162 valence electrons. The van der Waals surface area contributed by atoms with Crippen molar-refractivity contribution in [2.24, 2.45) is 5.92 Å². The monoisotopic (exact) mass is 438 g/mol. The number of thiocarbonyl (C=S) groups is 1. The van der Waals surface area contributed by atoms with Crippen LogP contribution in [0.1, 0.15) is 57.1 Å². The average molecular weight is 439 g/mol. The van der Waals surface area contributed by atoms with E-state index in [-0.39, 0.29) is 16.9 Å². The fraction of sp³-hybridized carbons (Fsp3) is 0.370. The Morgan fingerprint density at radius 1 is 0.968 bits per heavy atom. The van der Waals surface area contributed by atoms with Crippen molar-refractivity contribution in [3.63, 3.8) is 0 Å². The number of unbranched alkanes of at least 4 members (excludes halogenated alkanes) is 2. The van der Waals surface area contributed by atoms with Crippen LogP contribution in [0.4, 0.5) is 8.78 Å². The van der Waals surface area contributed by atoms with Crippen LogP contribution in [0.25, 0.3) is 21.9 Å². The lowest BCUT2D eigenvalue weighted by Gasteiger charge is -2.27. The lowest BCUT2D eigenvalue weighted by molar-refractivity contribution is 0.434. The van der Waals surface area contributed by atoms with Gasteiger partial charge in [0.1, 0.15) is 5.75 Å². The van der Waals surface area contributed by atoms with Gasteiger partial charge in [-0.1, -0.05) is 75.9 Å². The minimum atomic E-state index is -0.866. The highest BCUT2D eigenvalue weighted by molar-refractivity contribution is 7.80. The number of hydrogen-bond donors (Lipinski definition) is 0. The first kappa shape index (κ1) is 21.9. The van der Waals surface area contributed by atoms with Gasteiger partial charge in [0.25, 0.3) is 0 Å². The van der Waals surface area contributed by atoms with Crippen molar-refractivity contribution in [2.45, 2.75) is 58.8 Å². The average Bonchev–Trinajstić information content (AvgIpc) is 2.77. The third-order valence-electron chi connectivity index (χ3n) is 6.18. The Morgan fingerprint density at radius 3 is 2.45 bits per heavy atom. The van der Waals surface area contributed by atoms with Gasteiger partial charge < -0.3 is 4.74 Å². The molecule has 1 aliphatic heterocycles. The summed E-state index contributed by atoms with van der Waals surface area (Å²) in [7, 11) is 0. The van der Waals surface area contributed by atoms with E-state index in [1.165, 1.54) is 5.56 Å². The summed E-state index contributed by atoms with van der Waals surface area (Å²) in [5.41, 5.74) is 3.03. The summed E-state index contributed by atoms with van der Waals surface area (Å²) in [4.78, 5) is 0. The zero-order chi connectivity index (χ0) is 22.0. The molecule has 0 N–H and O–H groups in total. The topological polar surface area (TPSA) is 9.23 Å². The zero-order valence-corrected chi connectivity index (χ0v) is 19.0. The van der Waals surface area contributed by atoms with Gasteiger partial charge in [-0.3, -0.25) is 0 Å². The van der Waals surface area contributed by atoms with Gasteiger partial charge in [0.05, 0.1) is 5.39 Å². The molecule has 0 bridgehead atoms. The number of aryl methyl sites for hydroxylation is 1. The fourth-order valence-electron chi connectivity index (χ4n) is 4.45. The Balaban J connectivity index is 1.72. The summed E-state index contributed by atoms with van der Waals surface area (Å²) < 4.78 is 36.4. The molecule has 1 aliphatic rings. The van der Waals surface area contributed by atoms with Crippen molar-refractivity contribution in [3.8, 4) is 16.9 Å². The zero-order valence-electron chi connectivity index (χ0n) is 18.1. The number of fused-ring (bicyclic) bond motifs is 3. The van der Waals surface area contributed by atoms with Gasteiger partial charge in [-0.15, -0.1) is 0 Å². The molecule has 0 spiro atoms. The largest absolute Gasteiger partial charge is 0.449 e. The van der Waals surface area contributed by atoms with E-state index in [4.69, 9.17) is 17.0 Å². The van der Waals surface area contributed by atoms with E-state index in [1.807, 2.05) is 36.4 Å². The van der Waals surface area contributed by atoms with Gasteiger partial charge in [0.15, 0.2) is 16.7 Å². The predicted molar refractivity (Wildman–Crippen MR) is 128 cm³/mol. The molecule has 3 aromatic rings. The number of halogens is 2. The highest BCUT2D eigenvalue weighted by Crippen LogP contribution is 2.41. The first-order valence-electron chi connectivity index (χ1n) is 11.3. The first-order chi connectivity index (χ1) is 15.0. The standard InChI is InChI=1S/C27H28F2OS/c1-3-5-6-8-21-15-20-14-13-19-16-22(18-11-9-17(7-4-2)10-12-18)24(28)25(29)23(19)26(20)30-27(21)31/h9-14,16,21H,3-8,15H2,1-2H3. The Morgan fingerprint density at radius 2 is 1.74 bits per heavy atom. The molecule has 1 heterocycles. The van der Waals surface area contributed by atoms with Crippen LogP contribution in [0.3, 0.4) is 0 Å². The predicted octanol–water partition coefficient (Wildman–Crippen LogP) is 8.20. The van der Waals surface area contributed by atoms with Crippen molar-refractivity contribution < 1.29 is 13.5 Å². The second kappa shape index (κ2) is 9.44. The van der Waals surface area contributed by atoms with Crippen LogP contribution >= 0.6 is 12.2 Å². The molecule has 1 unspecified atom stereocenters. The van der Waals surface area contributed by atoms with E-state index in [9.17, 15) is 0 Å².